The second-order valence-corrected chi connectivity index (χ2v) is 6.85. The maximum atomic E-state index is 6.37. The number of nitrogens with one attached hydrogen (secondary N) is 1. The van der Waals surface area contributed by atoms with Crippen molar-refractivity contribution in [3.8, 4) is 11.1 Å². The van der Waals surface area contributed by atoms with Crippen molar-refractivity contribution in [1.29, 1.82) is 0 Å². The van der Waals surface area contributed by atoms with E-state index in [1.54, 1.807) is 12.1 Å². The molecule has 24 heavy (non-hydrogen) atoms. The largest absolute Gasteiger partial charge is 0.384 e. The van der Waals surface area contributed by atoms with Gasteiger partial charge in [0.2, 0.25) is 0 Å². The number of benzene rings is 1. The van der Waals surface area contributed by atoms with E-state index in [0.717, 1.165) is 30.0 Å². The molecule has 2 heterocycles. The van der Waals surface area contributed by atoms with Crippen molar-refractivity contribution in [2.45, 2.75) is 19.3 Å². The summed E-state index contributed by atoms with van der Waals surface area (Å²) in [6, 6.07) is 9.32. The van der Waals surface area contributed by atoms with Crippen LogP contribution in [0.25, 0.3) is 11.1 Å². The Hall–Kier alpha value is -1.49. The lowest BCUT2D eigenvalue weighted by molar-refractivity contribution is 0.237. The van der Waals surface area contributed by atoms with Crippen LogP contribution < -0.4 is 11.1 Å². The van der Waals surface area contributed by atoms with Gasteiger partial charge in [-0.1, -0.05) is 41.8 Å². The molecule has 0 aliphatic carbocycles. The van der Waals surface area contributed by atoms with Gasteiger partial charge in [-0.3, -0.25) is 0 Å². The second-order valence-electron chi connectivity index (χ2n) is 6.06. The Kier molecular flexibility index (Phi) is 5.82. The first kappa shape index (κ1) is 17.3. The van der Waals surface area contributed by atoms with E-state index in [0.29, 0.717) is 15.9 Å². The predicted molar refractivity (Wildman–Crippen MR) is 103 cm³/mol. The average Bonchev–Trinajstić information content (AvgIpc) is 2.59. The predicted octanol–water partition coefficient (Wildman–Crippen LogP) is 4.54. The van der Waals surface area contributed by atoms with Gasteiger partial charge in [0.25, 0.3) is 0 Å². The van der Waals surface area contributed by atoms with Gasteiger partial charge < -0.3 is 16.0 Å². The minimum Gasteiger partial charge on any atom is -0.384 e. The quantitative estimate of drug-likeness (QED) is 0.817. The molecule has 0 spiro atoms. The van der Waals surface area contributed by atoms with Crippen LogP contribution in [-0.2, 0) is 0 Å². The monoisotopic (exact) mass is 364 g/mol. The highest BCUT2D eigenvalue weighted by Crippen LogP contribution is 2.36. The fraction of sp³-hybridized carbons (Fsp3) is 0.389. The van der Waals surface area contributed by atoms with E-state index >= 15 is 0 Å². The number of hydrogen-bond donors (Lipinski definition) is 2. The zero-order valence-corrected chi connectivity index (χ0v) is 15.1. The number of pyridine rings is 1. The molecule has 4 nitrogen and oxygen atoms in total. The molecule has 0 unspecified atom stereocenters. The van der Waals surface area contributed by atoms with Crippen LogP contribution in [0.2, 0.25) is 10.0 Å². The maximum Gasteiger partial charge on any atom is 0.136 e. The molecule has 6 heteroatoms. The van der Waals surface area contributed by atoms with Crippen molar-refractivity contribution in [2.24, 2.45) is 0 Å². The van der Waals surface area contributed by atoms with Gasteiger partial charge in [-0.05, 0) is 44.1 Å². The zero-order chi connectivity index (χ0) is 16.9. The summed E-state index contributed by atoms with van der Waals surface area (Å²) in [5.41, 5.74) is 7.64. The first-order chi connectivity index (χ1) is 11.6. The van der Waals surface area contributed by atoms with Gasteiger partial charge in [0.05, 0.1) is 10.0 Å². The lowest BCUT2D eigenvalue weighted by Gasteiger charge is -2.26. The number of likely N-dealkylation sites (tertiary alicyclic amines) is 1. The molecule has 2 aromatic rings. The summed E-state index contributed by atoms with van der Waals surface area (Å²) in [5.74, 6) is 1.23. The molecule has 1 saturated heterocycles. The standard InChI is InChI=1S/C18H22Cl2N4/c19-15-6-4-5-13(17(15)20)14-7-8-16(21)23-18(14)22-9-12-24-10-2-1-3-11-24/h4-8H,1-3,9-12H2,(H3,21,22,23). The number of nitrogens with two attached hydrogens (primary N) is 1. The van der Waals surface area contributed by atoms with Crippen molar-refractivity contribution >= 4 is 34.8 Å². The van der Waals surface area contributed by atoms with Crippen LogP contribution in [0.5, 0.6) is 0 Å². The first-order valence-corrected chi connectivity index (χ1v) is 9.08. The Labute approximate surface area is 153 Å². The smallest absolute Gasteiger partial charge is 0.136 e. The first-order valence-electron chi connectivity index (χ1n) is 8.32. The minimum absolute atomic E-state index is 0.484. The van der Waals surface area contributed by atoms with Gasteiger partial charge in [-0.25, -0.2) is 4.98 Å². The number of piperidine rings is 1. The molecular formula is C18H22Cl2N4. The Balaban J connectivity index is 1.77. The summed E-state index contributed by atoms with van der Waals surface area (Å²) in [5, 5.41) is 4.48. The molecular weight excluding hydrogens is 343 g/mol. The number of aromatic nitrogens is 1. The maximum absolute atomic E-state index is 6.37. The summed E-state index contributed by atoms with van der Waals surface area (Å²) < 4.78 is 0. The van der Waals surface area contributed by atoms with Crippen LogP contribution in [-0.4, -0.2) is 36.1 Å². The summed E-state index contributed by atoms with van der Waals surface area (Å²) in [6.07, 6.45) is 3.93. The van der Waals surface area contributed by atoms with Crippen LogP contribution in [0.4, 0.5) is 11.6 Å². The third-order valence-electron chi connectivity index (χ3n) is 4.33. The van der Waals surface area contributed by atoms with Crippen LogP contribution >= 0.6 is 23.2 Å². The number of nitrogen functional groups attached to an aromatic ring is 1. The van der Waals surface area contributed by atoms with Crippen molar-refractivity contribution in [3.05, 3.63) is 40.4 Å². The van der Waals surface area contributed by atoms with Crippen molar-refractivity contribution in [1.82, 2.24) is 9.88 Å². The number of anilines is 2. The molecule has 3 rings (SSSR count). The molecule has 0 saturated carbocycles. The van der Waals surface area contributed by atoms with E-state index in [1.807, 2.05) is 18.2 Å². The minimum atomic E-state index is 0.484. The molecule has 1 aromatic carbocycles. The van der Waals surface area contributed by atoms with Crippen LogP contribution in [0, 0.1) is 0 Å². The lowest BCUT2D eigenvalue weighted by Crippen LogP contribution is -2.33. The van der Waals surface area contributed by atoms with E-state index in [1.165, 1.54) is 32.4 Å². The van der Waals surface area contributed by atoms with Gasteiger partial charge in [-0.15, -0.1) is 0 Å². The van der Waals surface area contributed by atoms with Crippen LogP contribution in [0.1, 0.15) is 19.3 Å². The zero-order valence-electron chi connectivity index (χ0n) is 13.6. The van der Waals surface area contributed by atoms with Gasteiger partial charge in [0, 0.05) is 24.2 Å². The molecule has 1 aliphatic heterocycles. The molecule has 0 radical (unpaired) electrons. The Morgan fingerprint density at radius 3 is 2.62 bits per heavy atom. The summed E-state index contributed by atoms with van der Waals surface area (Å²) in [6.45, 7) is 4.18. The molecule has 1 aromatic heterocycles. The third kappa shape index (κ3) is 4.12. The van der Waals surface area contributed by atoms with Crippen LogP contribution in [0.15, 0.2) is 30.3 Å². The molecule has 0 atom stereocenters. The van der Waals surface area contributed by atoms with Gasteiger partial charge in [-0.2, -0.15) is 0 Å². The lowest BCUT2D eigenvalue weighted by atomic mass is 10.1. The highest BCUT2D eigenvalue weighted by atomic mass is 35.5. The molecule has 3 N–H and O–H groups in total. The molecule has 0 bridgehead atoms. The highest BCUT2D eigenvalue weighted by molar-refractivity contribution is 6.43. The SMILES string of the molecule is Nc1ccc(-c2cccc(Cl)c2Cl)c(NCCN2CCCCC2)n1. The van der Waals surface area contributed by atoms with E-state index in [-0.39, 0.29) is 0 Å². The second kappa shape index (κ2) is 8.06. The molecule has 1 aliphatic rings. The van der Waals surface area contributed by atoms with E-state index in [2.05, 4.69) is 15.2 Å². The normalized spacial score (nSPS) is 15.4. The summed E-state index contributed by atoms with van der Waals surface area (Å²) >= 11 is 12.5. The van der Waals surface area contributed by atoms with E-state index < -0.39 is 0 Å². The van der Waals surface area contributed by atoms with Crippen molar-refractivity contribution in [3.63, 3.8) is 0 Å². The Morgan fingerprint density at radius 2 is 1.83 bits per heavy atom. The fourth-order valence-electron chi connectivity index (χ4n) is 3.05. The third-order valence-corrected chi connectivity index (χ3v) is 5.15. The topological polar surface area (TPSA) is 54.2 Å². The number of halogens is 2. The van der Waals surface area contributed by atoms with E-state index in [4.69, 9.17) is 28.9 Å². The van der Waals surface area contributed by atoms with Gasteiger partial charge >= 0.3 is 0 Å². The molecule has 1 fully saturated rings. The number of hydrogen-bond acceptors (Lipinski definition) is 4. The number of nitrogens with zero attached hydrogens (tertiary/aromatic N) is 2. The van der Waals surface area contributed by atoms with Crippen LogP contribution in [0.3, 0.4) is 0 Å². The Morgan fingerprint density at radius 1 is 1.04 bits per heavy atom. The van der Waals surface area contributed by atoms with Crippen molar-refractivity contribution in [2.75, 3.05) is 37.2 Å². The highest BCUT2D eigenvalue weighted by Gasteiger charge is 2.14. The van der Waals surface area contributed by atoms with Gasteiger partial charge in [0.15, 0.2) is 0 Å². The van der Waals surface area contributed by atoms with Crippen molar-refractivity contribution < 1.29 is 0 Å². The van der Waals surface area contributed by atoms with Gasteiger partial charge in [0.1, 0.15) is 11.6 Å². The summed E-state index contributed by atoms with van der Waals surface area (Å²) in [4.78, 5) is 6.93. The molecule has 128 valence electrons. The summed E-state index contributed by atoms with van der Waals surface area (Å²) in [7, 11) is 0. The Bertz CT molecular complexity index is 699. The fourth-order valence-corrected chi connectivity index (χ4v) is 3.46. The van der Waals surface area contributed by atoms with E-state index in [9.17, 15) is 0 Å². The molecule has 0 amide bonds. The average molecular weight is 365 g/mol. The number of rotatable bonds is 5.